The van der Waals surface area contributed by atoms with Crippen LogP contribution in [0.2, 0.25) is 0 Å². The lowest BCUT2D eigenvalue weighted by molar-refractivity contribution is -0.138. The van der Waals surface area contributed by atoms with Gasteiger partial charge in [0, 0.05) is 23.5 Å². The van der Waals surface area contributed by atoms with Crippen LogP contribution >= 0.6 is 0 Å². The summed E-state index contributed by atoms with van der Waals surface area (Å²) in [6, 6.07) is 16.1. The van der Waals surface area contributed by atoms with Gasteiger partial charge in [0.2, 0.25) is 0 Å². The summed E-state index contributed by atoms with van der Waals surface area (Å²) in [7, 11) is 0. The van der Waals surface area contributed by atoms with E-state index in [1.165, 1.54) is 56.9 Å². The van der Waals surface area contributed by atoms with Crippen molar-refractivity contribution < 1.29 is 9.53 Å². The molecule has 0 aliphatic carbocycles. The van der Waals surface area contributed by atoms with E-state index < -0.39 is 0 Å². The highest BCUT2D eigenvalue weighted by Crippen LogP contribution is 2.23. The van der Waals surface area contributed by atoms with Crippen molar-refractivity contribution in [2.75, 3.05) is 0 Å². The van der Waals surface area contributed by atoms with Crippen LogP contribution in [-0.2, 0) is 11.2 Å². The standard InChI is InChI=1S/C31H40N2O2/c1-4-6-7-8-9-10-11-12-13-25-14-16-26(17-15-25)28-22-32-30(33-23-28)27-18-20-29(21-19-27)35-31(34)24(3)5-2/h14-24H,4-13H2,1-3H3. The molecule has 4 nitrogen and oxygen atoms in total. The molecule has 186 valence electrons. The van der Waals surface area contributed by atoms with E-state index in [2.05, 4.69) is 41.2 Å². The third-order valence-corrected chi connectivity index (χ3v) is 6.60. The average Bonchev–Trinajstić information content (AvgIpc) is 2.90. The molecule has 35 heavy (non-hydrogen) atoms. The number of unbranched alkanes of at least 4 members (excludes halogenated alkanes) is 7. The number of rotatable bonds is 14. The minimum atomic E-state index is -0.204. The normalized spacial score (nSPS) is 11.9. The average molecular weight is 473 g/mol. The van der Waals surface area contributed by atoms with Gasteiger partial charge in [-0.3, -0.25) is 4.79 Å². The highest BCUT2D eigenvalue weighted by atomic mass is 16.5. The summed E-state index contributed by atoms with van der Waals surface area (Å²) in [5.74, 6) is 0.886. The molecule has 3 aromatic rings. The van der Waals surface area contributed by atoms with E-state index >= 15 is 0 Å². The second-order valence-electron chi connectivity index (χ2n) is 9.47. The van der Waals surface area contributed by atoms with Crippen LogP contribution in [0, 0.1) is 5.92 Å². The second kappa shape index (κ2) is 14.4. The molecular formula is C31H40N2O2. The lowest BCUT2D eigenvalue weighted by Gasteiger charge is -2.09. The van der Waals surface area contributed by atoms with Crippen LogP contribution in [0.3, 0.4) is 0 Å². The van der Waals surface area contributed by atoms with Gasteiger partial charge in [0.05, 0.1) is 5.92 Å². The van der Waals surface area contributed by atoms with Crippen molar-refractivity contribution in [2.24, 2.45) is 5.92 Å². The molecule has 0 fully saturated rings. The molecule has 1 unspecified atom stereocenters. The van der Waals surface area contributed by atoms with Gasteiger partial charge in [-0.15, -0.1) is 0 Å². The Kier molecular flexibility index (Phi) is 10.9. The van der Waals surface area contributed by atoms with Crippen molar-refractivity contribution >= 4 is 5.97 Å². The van der Waals surface area contributed by atoms with Gasteiger partial charge in [-0.2, -0.15) is 0 Å². The summed E-state index contributed by atoms with van der Waals surface area (Å²) in [5.41, 5.74) is 4.42. The quantitative estimate of drug-likeness (QED) is 0.134. The number of hydrogen-bond donors (Lipinski definition) is 0. The first kappa shape index (κ1) is 26.6. The number of nitrogens with zero attached hydrogens (tertiary/aromatic N) is 2. The van der Waals surface area contributed by atoms with Crippen LogP contribution in [0.15, 0.2) is 60.9 Å². The molecule has 0 saturated carbocycles. The maximum Gasteiger partial charge on any atom is 0.314 e. The number of ether oxygens (including phenoxy) is 1. The van der Waals surface area contributed by atoms with Crippen LogP contribution in [0.1, 0.15) is 84.1 Å². The molecule has 4 heteroatoms. The first-order valence-corrected chi connectivity index (χ1v) is 13.3. The summed E-state index contributed by atoms with van der Waals surface area (Å²) in [4.78, 5) is 21.1. The van der Waals surface area contributed by atoms with Gasteiger partial charge < -0.3 is 4.74 Å². The second-order valence-corrected chi connectivity index (χ2v) is 9.47. The lowest BCUT2D eigenvalue weighted by Crippen LogP contribution is -2.16. The monoisotopic (exact) mass is 472 g/mol. The zero-order valence-corrected chi connectivity index (χ0v) is 21.6. The summed E-state index contributed by atoms with van der Waals surface area (Å²) in [6.07, 6.45) is 16.5. The van der Waals surface area contributed by atoms with Crippen LogP contribution in [0.25, 0.3) is 22.5 Å². The number of carbonyl (C=O) groups excluding carboxylic acids is 1. The lowest BCUT2D eigenvalue weighted by atomic mass is 10.0. The molecule has 0 radical (unpaired) electrons. The minimum Gasteiger partial charge on any atom is -0.426 e. The third-order valence-electron chi connectivity index (χ3n) is 6.60. The number of hydrogen-bond acceptors (Lipinski definition) is 4. The fourth-order valence-corrected chi connectivity index (χ4v) is 4.01. The van der Waals surface area contributed by atoms with E-state index in [-0.39, 0.29) is 11.9 Å². The van der Waals surface area contributed by atoms with Crippen molar-refractivity contribution in [2.45, 2.75) is 85.0 Å². The van der Waals surface area contributed by atoms with E-state index in [0.29, 0.717) is 11.6 Å². The molecule has 3 rings (SSSR count). The van der Waals surface area contributed by atoms with E-state index in [1.807, 2.05) is 38.4 Å². The Morgan fingerprint density at radius 2 is 1.31 bits per heavy atom. The zero-order valence-electron chi connectivity index (χ0n) is 21.6. The molecule has 0 N–H and O–H groups in total. The highest BCUT2D eigenvalue weighted by molar-refractivity contribution is 5.75. The first-order valence-electron chi connectivity index (χ1n) is 13.3. The third kappa shape index (κ3) is 8.61. The maximum absolute atomic E-state index is 12.0. The zero-order chi connectivity index (χ0) is 24.9. The maximum atomic E-state index is 12.0. The van der Waals surface area contributed by atoms with Gasteiger partial charge in [0.25, 0.3) is 0 Å². The molecule has 1 atom stereocenters. The predicted octanol–water partition coefficient (Wildman–Crippen LogP) is 8.45. The van der Waals surface area contributed by atoms with Crippen LogP contribution in [-0.4, -0.2) is 15.9 Å². The van der Waals surface area contributed by atoms with Gasteiger partial charge >= 0.3 is 5.97 Å². The van der Waals surface area contributed by atoms with Crippen LogP contribution in [0.5, 0.6) is 5.75 Å². The molecule has 0 spiro atoms. The van der Waals surface area contributed by atoms with Crippen molar-refractivity contribution in [3.05, 3.63) is 66.5 Å². The van der Waals surface area contributed by atoms with Gasteiger partial charge in [-0.1, -0.05) is 90.0 Å². The number of carbonyl (C=O) groups is 1. The van der Waals surface area contributed by atoms with Gasteiger partial charge in [0.1, 0.15) is 5.75 Å². The topological polar surface area (TPSA) is 52.1 Å². The molecule has 1 heterocycles. The van der Waals surface area contributed by atoms with E-state index in [1.54, 1.807) is 12.1 Å². The fourth-order valence-electron chi connectivity index (χ4n) is 4.01. The molecule has 1 aromatic heterocycles. The van der Waals surface area contributed by atoms with E-state index in [0.717, 1.165) is 29.5 Å². The Morgan fingerprint density at radius 1 is 0.743 bits per heavy atom. The van der Waals surface area contributed by atoms with Gasteiger partial charge in [-0.05, 0) is 54.7 Å². The van der Waals surface area contributed by atoms with Crippen molar-refractivity contribution in [3.8, 4) is 28.3 Å². The molecule has 0 saturated heterocycles. The Labute approximate surface area is 211 Å². The smallest absolute Gasteiger partial charge is 0.314 e. The number of esters is 1. The van der Waals surface area contributed by atoms with Crippen molar-refractivity contribution in [1.29, 1.82) is 0 Å². The molecular weight excluding hydrogens is 432 g/mol. The minimum absolute atomic E-state index is 0.107. The molecule has 0 bridgehead atoms. The molecule has 2 aromatic carbocycles. The number of benzene rings is 2. The molecule has 0 aliphatic rings. The number of aryl methyl sites for hydroxylation is 1. The Balaban J connectivity index is 1.48. The van der Waals surface area contributed by atoms with Crippen molar-refractivity contribution in [1.82, 2.24) is 9.97 Å². The SMILES string of the molecule is CCCCCCCCCCc1ccc(-c2cnc(-c3ccc(OC(=O)C(C)CC)cc3)nc2)cc1. The summed E-state index contributed by atoms with van der Waals surface area (Å²) < 4.78 is 5.42. The van der Waals surface area contributed by atoms with Crippen molar-refractivity contribution in [3.63, 3.8) is 0 Å². The summed E-state index contributed by atoms with van der Waals surface area (Å²) in [5, 5.41) is 0. The van der Waals surface area contributed by atoms with Gasteiger partial charge in [-0.25, -0.2) is 9.97 Å². The number of aromatic nitrogens is 2. The van der Waals surface area contributed by atoms with E-state index in [9.17, 15) is 4.79 Å². The highest BCUT2D eigenvalue weighted by Gasteiger charge is 2.13. The summed E-state index contributed by atoms with van der Waals surface area (Å²) in [6.45, 7) is 6.11. The van der Waals surface area contributed by atoms with Crippen LogP contribution < -0.4 is 4.74 Å². The largest absolute Gasteiger partial charge is 0.426 e. The predicted molar refractivity (Wildman–Crippen MR) is 144 cm³/mol. The van der Waals surface area contributed by atoms with E-state index in [4.69, 9.17) is 4.74 Å². The fraction of sp³-hybridized carbons (Fsp3) is 0.452. The summed E-state index contributed by atoms with van der Waals surface area (Å²) >= 11 is 0. The Morgan fingerprint density at radius 3 is 1.91 bits per heavy atom. The molecule has 0 amide bonds. The first-order chi connectivity index (χ1) is 17.1. The van der Waals surface area contributed by atoms with Crippen LogP contribution in [0.4, 0.5) is 0 Å². The van der Waals surface area contributed by atoms with Gasteiger partial charge in [0.15, 0.2) is 5.82 Å². The Bertz CT molecular complexity index is 1010. The molecule has 0 aliphatic heterocycles. The Hall–Kier alpha value is -3.01.